The van der Waals surface area contributed by atoms with Crippen LogP contribution in [0.3, 0.4) is 0 Å². The third-order valence-electron chi connectivity index (χ3n) is 2.56. The Bertz CT molecular complexity index is 573. The predicted molar refractivity (Wildman–Crippen MR) is 71.6 cm³/mol. The van der Waals surface area contributed by atoms with Crippen molar-refractivity contribution in [1.82, 2.24) is 0 Å². The van der Waals surface area contributed by atoms with Crippen LogP contribution in [0.5, 0.6) is 0 Å². The van der Waals surface area contributed by atoms with Gasteiger partial charge in [-0.2, -0.15) is 0 Å². The van der Waals surface area contributed by atoms with E-state index in [-0.39, 0.29) is 5.91 Å². The molecule has 0 bridgehead atoms. The monoisotopic (exact) mass is 239 g/mol. The summed E-state index contributed by atoms with van der Waals surface area (Å²) >= 11 is 0. The Morgan fingerprint density at radius 3 is 2.39 bits per heavy atom. The molecule has 1 amide bonds. The summed E-state index contributed by atoms with van der Waals surface area (Å²) in [6.07, 6.45) is 0.829. The van der Waals surface area contributed by atoms with E-state index >= 15 is 0 Å². The summed E-state index contributed by atoms with van der Waals surface area (Å²) in [4.78, 5) is 21.6. The fourth-order valence-electron chi connectivity index (χ4n) is 1.74. The highest BCUT2D eigenvalue weighted by atomic mass is 16.1. The van der Waals surface area contributed by atoms with E-state index in [9.17, 15) is 9.59 Å². The Kier molecular flexibility index (Phi) is 3.53. The van der Waals surface area contributed by atoms with Gasteiger partial charge in [0.25, 0.3) is 0 Å². The summed E-state index contributed by atoms with van der Waals surface area (Å²) in [7, 11) is 0. The average molecular weight is 239 g/mol. The smallest absolute Gasteiger partial charge is 0.221 e. The Morgan fingerprint density at radius 2 is 1.78 bits per heavy atom. The van der Waals surface area contributed by atoms with Crippen molar-refractivity contribution in [3.05, 3.63) is 54.1 Å². The zero-order valence-corrected chi connectivity index (χ0v) is 10.0. The van der Waals surface area contributed by atoms with Crippen LogP contribution >= 0.6 is 0 Å². The zero-order chi connectivity index (χ0) is 13.0. The van der Waals surface area contributed by atoms with Crippen molar-refractivity contribution in [3.8, 4) is 11.1 Å². The van der Waals surface area contributed by atoms with Crippen LogP contribution in [0.1, 0.15) is 17.3 Å². The van der Waals surface area contributed by atoms with Crippen molar-refractivity contribution < 1.29 is 9.59 Å². The second-order valence-electron chi connectivity index (χ2n) is 4.00. The predicted octanol–water partition coefficient (Wildman–Crippen LogP) is 3.12. The molecule has 0 saturated carbocycles. The van der Waals surface area contributed by atoms with Gasteiger partial charge in [0.15, 0.2) is 0 Å². The molecule has 0 aliphatic rings. The summed E-state index contributed by atoms with van der Waals surface area (Å²) in [5.74, 6) is -0.0919. The van der Waals surface area contributed by atoms with Gasteiger partial charge in [0.1, 0.15) is 6.29 Å². The molecule has 0 unspecified atom stereocenters. The third kappa shape index (κ3) is 2.83. The molecule has 0 atom stereocenters. The van der Waals surface area contributed by atoms with E-state index in [1.807, 2.05) is 42.5 Å². The second-order valence-corrected chi connectivity index (χ2v) is 4.00. The standard InChI is InChI=1S/C15H13NO2/c1-11(18)16-15-7-5-13(6-8-15)14-4-2-3-12(9-14)10-17/h2-10H,1H3,(H,16,18). The number of carbonyl (C=O) groups is 2. The Labute approximate surface area is 105 Å². The lowest BCUT2D eigenvalue weighted by Gasteiger charge is -2.05. The van der Waals surface area contributed by atoms with Gasteiger partial charge in [-0.05, 0) is 29.3 Å². The van der Waals surface area contributed by atoms with Crippen molar-refractivity contribution in [1.29, 1.82) is 0 Å². The molecule has 0 aliphatic carbocycles. The van der Waals surface area contributed by atoms with Crippen LogP contribution in [-0.4, -0.2) is 12.2 Å². The highest BCUT2D eigenvalue weighted by Crippen LogP contribution is 2.22. The van der Waals surface area contributed by atoms with Gasteiger partial charge < -0.3 is 5.32 Å². The van der Waals surface area contributed by atoms with Crippen molar-refractivity contribution in [2.75, 3.05) is 5.32 Å². The number of hydrogen-bond donors (Lipinski definition) is 1. The van der Waals surface area contributed by atoms with E-state index in [0.29, 0.717) is 5.56 Å². The highest BCUT2D eigenvalue weighted by Gasteiger charge is 2.00. The lowest BCUT2D eigenvalue weighted by molar-refractivity contribution is -0.114. The molecule has 90 valence electrons. The topological polar surface area (TPSA) is 46.2 Å². The molecule has 0 radical (unpaired) electrons. The number of rotatable bonds is 3. The van der Waals surface area contributed by atoms with Crippen molar-refractivity contribution in [2.45, 2.75) is 6.92 Å². The number of benzene rings is 2. The summed E-state index contributed by atoms with van der Waals surface area (Å²) in [6.45, 7) is 1.47. The maximum Gasteiger partial charge on any atom is 0.221 e. The van der Waals surface area contributed by atoms with Gasteiger partial charge in [0, 0.05) is 18.2 Å². The molecule has 2 aromatic carbocycles. The van der Waals surface area contributed by atoms with Gasteiger partial charge in [0.2, 0.25) is 5.91 Å². The van der Waals surface area contributed by atoms with Crippen LogP contribution in [-0.2, 0) is 4.79 Å². The highest BCUT2D eigenvalue weighted by molar-refractivity contribution is 5.89. The average Bonchev–Trinajstić information content (AvgIpc) is 2.39. The molecule has 3 nitrogen and oxygen atoms in total. The number of carbonyl (C=O) groups excluding carboxylic acids is 2. The van der Waals surface area contributed by atoms with Gasteiger partial charge in [-0.25, -0.2) is 0 Å². The van der Waals surface area contributed by atoms with Gasteiger partial charge >= 0.3 is 0 Å². The summed E-state index contributed by atoms with van der Waals surface area (Å²) in [5, 5.41) is 2.71. The number of hydrogen-bond acceptors (Lipinski definition) is 2. The molecule has 0 spiro atoms. The van der Waals surface area contributed by atoms with Crippen molar-refractivity contribution in [2.24, 2.45) is 0 Å². The Morgan fingerprint density at radius 1 is 1.06 bits per heavy atom. The van der Waals surface area contributed by atoms with E-state index in [2.05, 4.69) is 5.32 Å². The molecule has 3 heteroatoms. The minimum Gasteiger partial charge on any atom is -0.326 e. The van der Waals surface area contributed by atoms with Crippen LogP contribution in [0.4, 0.5) is 5.69 Å². The lowest BCUT2D eigenvalue weighted by atomic mass is 10.0. The SMILES string of the molecule is CC(=O)Nc1ccc(-c2cccc(C=O)c2)cc1. The Balaban J connectivity index is 2.28. The molecular formula is C15H13NO2. The van der Waals surface area contributed by atoms with Crippen molar-refractivity contribution >= 4 is 17.9 Å². The first-order chi connectivity index (χ1) is 8.69. The summed E-state index contributed by atoms with van der Waals surface area (Å²) in [5.41, 5.74) is 3.40. The van der Waals surface area contributed by atoms with Gasteiger partial charge in [-0.3, -0.25) is 9.59 Å². The zero-order valence-electron chi connectivity index (χ0n) is 10.0. The summed E-state index contributed by atoms with van der Waals surface area (Å²) in [6, 6.07) is 14.9. The molecule has 18 heavy (non-hydrogen) atoms. The molecular weight excluding hydrogens is 226 g/mol. The third-order valence-corrected chi connectivity index (χ3v) is 2.56. The van der Waals surface area contributed by atoms with Crippen LogP contribution in [0.15, 0.2) is 48.5 Å². The fourth-order valence-corrected chi connectivity index (χ4v) is 1.74. The Hall–Kier alpha value is -2.42. The first kappa shape index (κ1) is 12.0. The molecule has 0 fully saturated rings. The lowest BCUT2D eigenvalue weighted by Crippen LogP contribution is -2.05. The molecule has 2 aromatic rings. The maximum atomic E-state index is 10.9. The normalized spacial score (nSPS) is 9.83. The van der Waals surface area contributed by atoms with Gasteiger partial charge in [-0.15, -0.1) is 0 Å². The largest absolute Gasteiger partial charge is 0.326 e. The molecule has 1 N–H and O–H groups in total. The number of anilines is 1. The van der Waals surface area contributed by atoms with Crippen LogP contribution in [0.25, 0.3) is 11.1 Å². The molecule has 0 heterocycles. The van der Waals surface area contributed by atoms with Gasteiger partial charge in [-0.1, -0.05) is 30.3 Å². The van der Waals surface area contributed by atoms with Crippen LogP contribution < -0.4 is 5.32 Å². The molecule has 0 aliphatic heterocycles. The number of aldehydes is 1. The van der Waals surface area contributed by atoms with E-state index in [1.165, 1.54) is 6.92 Å². The second kappa shape index (κ2) is 5.27. The molecule has 2 rings (SSSR count). The number of nitrogens with one attached hydrogen (secondary N) is 1. The first-order valence-corrected chi connectivity index (χ1v) is 5.62. The number of amides is 1. The molecule has 0 aromatic heterocycles. The fraction of sp³-hybridized carbons (Fsp3) is 0.0667. The summed E-state index contributed by atoms with van der Waals surface area (Å²) < 4.78 is 0. The van der Waals surface area contributed by atoms with Crippen LogP contribution in [0, 0.1) is 0 Å². The van der Waals surface area contributed by atoms with E-state index in [4.69, 9.17) is 0 Å². The maximum absolute atomic E-state index is 10.9. The van der Waals surface area contributed by atoms with Gasteiger partial charge in [0.05, 0.1) is 0 Å². The van der Waals surface area contributed by atoms with E-state index in [0.717, 1.165) is 23.1 Å². The quantitative estimate of drug-likeness (QED) is 0.836. The minimum atomic E-state index is -0.0919. The minimum absolute atomic E-state index is 0.0919. The first-order valence-electron chi connectivity index (χ1n) is 5.62. The van der Waals surface area contributed by atoms with E-state index < -0.39 is 0 Å². The molecule has 0 saturated heterocycles. The van der Waals surface area contributed by atoms with E-state index in [1.54, 1.807) is 6.07 Å². The van der Waals surface area contributed by atoms with Crippen molar-refractivity contribution in [3.63, 3.8) is 0 Å². The van der Waals surface area contributed by atoms with Crippen LogP contribution in [0.2, 0.25) is 0 Å².